The summed E-state index contributed by atoms with van der Waals surface area (Å²) in [6.07, 6.45) is 1.39. The Morgan fingerprint density at radius 3 is 2.89 bits per heavy atom. The monoisotopic (exact) mass is 398 g/mol. The van der Waals surface area contributed by atoms with Crippen LogP contribution in [-0.2, 0) is 13.6 Å². The van der Waals surface area contributed by atoms with Gasteiger partial charge >= 0.3 is 0 Å². The average Bonchev–Trinajstić information content (AvgIpc) is 3.03. The number of fused-ring (bicyclic) bond motifs is 1. The van der Waals surface area contributed by atoms with E-state index in [0.717, 1.165) is 36.7 Å². The molecule has 1 saturated heterocycles. The first-order valence-electron chi connectivity index (χ1n) is 9.18. The minimum atomic E-state index is -0.368. The highest BCUT2D eigenvalue weighted by molar-refractivity contribution is 7.99. The van der Waals surface area contributed by atoms with Gasteiger partial charge in [-0.05, 0) is 24.6 Å². The van der Waals surface area contributed by atoms with Crippen molar-refractivity contribution in [3.63, 3.8) is 0 Å². The summed E-state index contributed by atoms with van der Waals surface area (Å²) < 4.78 is 6.86. The van der Waals surface area contributed by atoms with Crippen LogP contribution in [0.25, 0.3) is 11.1 Å². The number of thioether (sulfide) groups is 1. The first kappa shape index (κ1) is 18.8. The Kier molecular flexibility index (Phi) is 5.23. The molecule has 1 aliphatic rings. The van der Waals surface area contributed by atoms with E-state index in [1.807, 2.05) is 30.0 Å². The Morgan fingerprint density at radius 1 is 1.32 bits per heavy atom. The van der Waals surface area contributed by atoms with Crippen LogP contribution in [0.3, 0.4) is 0 Å². The smallest absolute Gasteiger partial charge is 0.265 e. The van der Waals surface area contributed by atoms with E-state index in [0.29, 0.717) is 11.4 Å². The van der Waals surface area contributed by atoms with Crippen LogP contribution in [0, 0.1) is 6.92 Å². The zero-order valence-electron chi connectivity index (χ0n) is 15.9. The number of amides is 1. The van der Waals surface area contributed by atoms with Crippen LogP contribution in [-0.4, -0.2) is 45.0 Å². The van der Waals surface area contributed by atoms with E-state index < -0.39 is 0 Å². The summed E-state index contributed by atoms with van der Waals surface area (Å²) >= 11 is 1.98. The number of aryl methyl sites for hydroxylation is 2. The highest BCUT2D eigenvalue weighted by Gasteiger charge is 2.22. The lowest BCUT2D eigenvalue weighted by molar-refractivity contribution is 0.102. The number of benzene rings is 1. The maximum atomic E-state index is 12.9. The molecule has 2 aromatic heterocycles. The number of furan rings is 1. The first-order chi connectivity index (χ1) is 13.5. The lowest BCUT2D eigenvalue weighted by atomic mass is 10.1. The van der Waals surface area contributed by atoms with Gasteiger partial charge in [0.2, 0.25) is 5.71 Å². The first-order valence-corrected chi connectivity index (χ1v) is 10.3. The van der Waals surface area contributed by atoms with Gasteiger partial charge in [0.1, 0.15) is 17.5 Å². The van der Waals surface area contributed by atoms with Crippen LogP contribution in [0.2, 0.25) is 0 Å². The van der Waals surface area contributed by atoms with Crippen LogP contribution in [0.5, 0.6) is 0 Å². The summed E-state index contributed by atoms with van der Waals surface area (Å²) in [6.45, 7) is 4.69. The molecule has 1 aromatic carbocycles. The third-order valence-electron chi connectivity index (χ3n) is 4.87. The summed E-state index contributed by atoms with van der Waals surface area (Å²) in [5.41, 5.74) is 1.97. The fourth-order valence-corrected chi connectivity index (χ4v) is 4.40. The molecule has 8 heteroatoms. The van der Waals surface area contributed by atoms with Crippen molar-refractivity contribution < 1.29 is 9.21 Å². The molecule has 1 aliphatic heterocycles. The fourth-order valence-electron chi connectivity index (χ4n) is 3.42. The Bertz CT molecular complexity index is 1080. The molecule has 4 rings (SSSR count). The molecular weight excluding hydrogens is 376 g/mol. The molecule has 7 nitrogen and oxygen atoms in total. The number of anilines is 1. The zero-order chi connectivity index (χ0) is 19.7. The molecule has 146 valence electrons. The van der Waals surface area contributed by atoms with Crippen molar-refractivity contribution >= 4 is 34.5 Å². The molecule has 1 amide bonds. The van der Waals surface area contributed by atoms with Crippen LogP contribution >= 0.6 is 11.8 Å². The van der Waals surface area contributed by atoms with Crippen molar-refractivity contribution in [3.8, 4) is 0 Å². The van der Waals surface area contributed by atoms with Crippen molar-refractivity contribution in [2.24, 2.45) is 7.05 Å². The second kappa shape index (κ2) is 7.81. The van der Waals surface area contributed by atoms with Crippen molar-refractivity contribution in [1.29, 1.82) is 0 Å². The van der Waals surface area contributed by atoms with Gasteiger partial charge in [-0.1, -0.05) is 12.1 Å². The minimum Gasteiger partial charge on any atom is -0.442 e. The van der Waals surface area contributed by atoms with Crippen molar-refractivity contribution in [2.45, 2.75) is 13.5 Å². The van der Waals surface area contributed by atoms with Gasteiger partial charge < -0.3 is 14.3 Å². The second-order valence-electron chi connectivity index (χ2n) is 6.92. The standard InChI is InChI=1S/C20H22N4O3S/c1-13-16(17-19(27-13)21-12-23(2)20(17)26)18(25)22-15-5-3-4-14(10-15)11-24-6-8-28-9-7-24/h3-5,10,12H,6-9,11H2,1-2H3,(H,22,25). The third-order valence-corrected chi connectivity index (χ3v) is 5.81. The predicted octanol–water partition coefficient (Wildman–Crippen LogP) is 2.64. The fraction of sp³-hybridized carbons (Fsp3) is 0.350. The topological polar surface area (TPSA) is 80.4 Å². The summed E-state index contributed by atoms with van der Waals surface area (Å²) in [7, 11) is 1.60. The number of nitrogens with zero attached hydrogens (tertiary/aromatic N) is 3. The maximum absolute atomic E-state index is 12.9. The average molecular weight is 398 g/mol. The molecular formula is C20H22N4O3S. The van der Waals surface area contributed by atoms with Gasteiger partial charge in [-0.25, -0.2) is 4.98 Å². The quantitative estimate of drug-likeness (QED) is 0.728. The van der Waals surface area contributed by atoms with Crippen molar-refractivity contribution in [3.05, 3.63) is 57.8 Å². The van der Waals surface area contributed by atoms with Crippen LogP contribution in [0.15, 0.2) is 39.8 Å². The Balaban J connectivity index is 1.58. The van der Waals surface area contributed by atoms with E-state index in [-0.39, 0.29) is 28.1 Å². The lowest BCUT2D eigenvalue weighted by Gasteiger charge is -2.26. The Morgan fingerprint density at radius 2 is 2.11 bits per heavy atom. The van der Waals surface area contributed by atoms with Crippen molar-refractivity contribution in [2.75, 3.05) is 29.9 Å². The number of rotatable bonds is 4. The van der Waals surface area contributed by atoms with Crippen LogP contribution < -0.4 is 10.9 Å². The van der Waals surface area contributed by atoms with Crippen LogP contribution in [0.4, 0.5) is 5.69 Å². The molecule has 0 radical (unpaired) electrons. The molecule has 0 bridgehead atoms. The largest absolute Gasteiger partial charge is 0.442 e. The normalized spacial score (nSPS) is 15.1. The number of aromatic nitrogens is 2. The van der Waals surface area contributed by atoms with E-state index in [1.54, 1.807) is 14.0 Å². The number of hydrogen-bond donors (Lipinski definition) is 1. The summed E-state index contributed by atoms with van der Waals surface area (Å²) in [5.74, 6) is 2.33. The van der Waals surface area contributed by atoms with Gasteiger partial charge in [0.15, 0.2) is 0 Å². The van der Waals surface area contributed by atoms with Gasteiger partial charge in [-0.2, -0.15) is 11.8 Å². The highest BCUT2D eigenvalue weighted by Crippen LogP contribution is 2.23. The summed E-state index contributed by atoms with van der Waals surface area (Å²) in [6, 6.07) is 7.83. The summed E-state index contributed by atoms with van der Waals surface area (Å²) in [5, 5.41) is 3.11. The molecule has 0 spiro atoms. The number of carbonyl (C=O) groups excluding carboxylic acids is 1. The van der Waals surface area contributed by atoms with Crippen LogP contribution in [0.1, 0.15) is 21.7 Å². The Labute approximate surface area is 166 Å². The summed E-state index contributed by atoms with van der Waals surface area (Å²) in [4.78, 5) is 31.9. The number of hydrogen-bond acceptors (Lipinski definition) is 6. The number of carbonyl (C=O) groups is 1. The second-order valence-corrected chi connectivity index (χ2v) is 8.14. The lowest BCUT2D eigenvalue weighted by Crippen LogP contribution is -2.31. The molecule has 0 aliphatic carbocycles. The van der Waals surface area contributed by atoms with Gasteiger partial charge in [-0.15, -0.1) is 0 Å². The molecule has 3 aromatic rings. The molecule has 0 unspecified atom stereocenters. The molecule has 1 fully saturated rings. The van der Waals surface area contributed by atoms with Gasteiger partial charge in [0.05, 0.1) is 5.56 Å². The predicted molar refractivity (Wildman–Crippen MR) is 111 cm³/mol. The zero-order valence-corrected chi connectivity index (χ0v) is 16.7. The van der Waals surface area contributed by atoms with E-state index in [1.165, 1.54) is 10.9 Å². The molecule has 28 heavy (non-hydrogen) atoms. The third kappa shape index (κ3) is 3.70. The van der Waals surface area contributed by atoms with Gasteiger partial charge in [-0.3, -0.25) is 14.5 Å². The minimum absolute atomic E-state index is 0.183. The molecule has 0 atom stereocenters. The van der Waals surface area contributed by atoms with Crippen molar-refractivity contribution in [1.82, 2.24) is 14.5 Å². The van der Waals surface area contributed by atoms with Gasteiger partial charge in [0, 0.05) is 43.9 Å². The SMILES string of the molecule is Cc1oc2ncn(C)c(=O)c2c1C(=O)Nc1cccc(CN2CCSCC2)c1. The van der Waals surface area contributed by atoms with E-state index in [4.69, 9.17) is 4.42 Å². The molecule has 0 saturated carbocycles. The van der Waals surface area contributed by atoms with E-state index >= 15 is 0 Å². The Hall–Kier alpha value is -2.58. The van der Waals surface area contributed by atoms with E-state index in [2.05, 4.69) is 21.3 Å². The molecule has 3 heterocycles. The molecule has 1 N–H and O–H groups in total. The highest BCUT2D eigenvalue weighted by atomic mass is 32.2. The maximum Gasteiger partial charge on any atom is 0.265 e. The number of nitrogens with one attached hydrogen (secondary N) is 1. The van der Waals surface area contributed by atoms with E-state index in [9.17, 15) is 9.59 Å². The van der Waals surface area contributed by atoms with Gasteiger partial charge in [0.25, 0.3) is 11.5 Å².